The van der Waals surface area contributed by atoms with E-state index in [-0.39, 0.29) is 0 Å². The first-order chi connectivity index (χ1) is 13.2. The number of halogens is 1. The zero-order valence-corrected chi connectivity index (χ0v) is 15.5. The number of benzene rings is 2. The fourth-order valence-electron chi connectivity index (χ4n) is 2.82. The SMILES string of the molecule is CN(Cc1cnn(-c2ccccc2)c1)Cc1nnc(-c2ccccc2Cl)o1. The summed E-state index contributed by atoms with van der Waals surface area (Å²) in [6, 6.07) is 17.4. The molecule has 0 saturated carbocycles. The van der Waals surface area contributed by atoms with E-state index in [4.69, 9.17) is 16.0 Å². The standard InChI is InChI=1S/C20H18ClN5O/c1-25(12-15-11-22-26(13-15)16-7-3-2-4-8-16)14-19-23-24-20(27-19)17-9-5-6-10-18(17)21/h2-11,13H,12,14H2,1H3. The summed E-state index contributed by atoms with van der Waals surface area (Å²) in [6.07, 6.45) is 3.89. The third-order valence-corrected chi connectivity index (χ3v) is 4.42. The number of nitrogens with zero attached hydrogens (tertiary/aromatic N) is 5. The smallest absolute Gasteiger partial charge is 0.249 e. The molecule has 0 atom stereocenters. The highest BCUT2D eigenvalue weighted by atomic mass is 35.5. The van der Waals surface area contributed by atoms with Crippen LogP contribution >= 0.6 is 11.6 Å². The van der Waals surface area contributed by atoms with Gasteiger partial charge in [-0.1, -0.05) is 41.9 Å². The normalized spacial score (nSPS) is 11.2. The quantitative estimate of drug-likeness (QED) is 0.502. The van der Waals surface area contributed by atoms with Gasteiger partial charge in [0.05, 0.1) is 29.0 Å². The molecule has 136 valence electrons. The Balaban J connectivity index is 1.41. The minimum absolute atomic E-state index is 0.431. The topological polar surface area (TPSA) is 60.0 Å². The van der Waals surface area contributed by atoms with E-state index in [1.54, 1.807) is 6.07 Å². The van der Waals surface area contributed by atoms with E-state index in [1.165, 1.54) is 0 Å². The first-order valence-corrected chi connectivity index (χ1v) is 8.91. The van der Waals surface area contributed by atoms with Gasteiger partial charge in [-0.15, -0.1) is 10.2 Å². The van der Waals surface area contributed by atoms with Crippen molar-refractivity contribution in [3.63, 3.8) is 0 Å². The lowest BCUT2D eigenvalue weighted by Crippen LogP contribution is -2.17. The summed E-state index contributed by atoms with van der Waals surface area (Å²) < 4.78 is 7.63. The molecule has 4 aromatic rings. The van der Waals surface area contributed by atoms with Gasteiger partial charge in [-0.2, -0.15) is 5.10 Å². The summed E-state index contributed by atoms with van der Waals surface area (Å²) in [5.74, 6) is 0.976. The Morgan fingerprint density at radius 3 is 2.59 bits per heavy atom. The molecular weight excluding hydrogens is 362 g/mol. The first kappa shape index (κ1) is 17.5. The minimum Gasteiger partial charge on any atom is -0.419 e. The maximum atomic E-state index is 6.19. The van der Waals surface area contributed by atoms with Gasteiger partial charge in [-0.25, -0.2) is 4.68 Å². The van der Waals surface area contributed by atoms with Crippen LogP contribution in [0.5, 0.6) is 0 Å². The Kier molecular flexibility index (Phi) is 5.00. The molecule has 0 bridgehead atoms. The minimum atomic E-state index is 0.431. The van der Waals surface area contributed by atoms with Gasteiger partial charge in [-0.05, 0) is 31.3 Å². The number of hydrogen-bond donors (Lipinski definition) is 0. The molecule has 0 spiro atoms. The van der Waals surface area contributed by atoms with Crippen molar-refractivity contribution < 1.29 is 4.42 Å². The van der Waals surface area contributed by atoms with Crippen molar-refractivity contribution in [3.8, 4) is 17.1 Å². The van der Waals surface area contributed by atoms with Crippen molar-refractivity contribution in [2.24, 2.45) is 0 Å². The van der Waals surface area contributed by atoms with Gasteiger partial charge in [0.25, 0.3) is 0 Å². The molecule has 6 nitrogen and oxygen atoms in total. The summed E-state index contributed by atoms with van der Waals surface area (Å²) in [4.78, 5) is 2.09. The van der Waals surface area contributed by atoms with Gasteiger partial charge in [0, 0.05) is 18.3 Å². The van der Waals surface area contributed by atoms with Crippen LogP contribution in [0.2, 0.25) is 5.02 Å². The van der Waals surface area contributed by atoms with Crippen molar-refractivity contribution in [2.75, 3.05) is 7.05 Å². The van der Waals surface area contributed by atoms with Crippen LogP contribution < -0.4 is 0 Å². The number of aromatic nitrogens is 4. The van der Waals surface area contributed by atoms with Crippen LogP contribution in [0.25, 0.3) is 17.1 Å². The van der Waals surface area contributed by atoms with E-state index in [2.05, 4.69) is 20.2 Å². The zero-order chi connectivity index (χ0) is 18.6. The Labute approximate surface area is 162 Å². The Bertz CT molecular complexity index is 1030. The van der Waals surface area contributed by atoms with Crippen LogP contribution in [0.1, 0.15) is 11.5 Å². The van der Waals surface area contributed by atoms with E-state index in [9.17, 15) is 0 Å². The maximum Gasteiger partial charge on any atom is 0.249 e. The predicted molar refractivity (Wildman–Crippen MR) is 103 cm³/mol. The summed E-state index contributed by atoms with van der Waals surface area (Å²) in [7, 11) is 2.00. The van der Waals surface area contributed by atoms with E-state index in [1.807, 2.05) is 72.7 Å². The summed E-state index contributed by atoms with van der Waals surface area (Å²) in [5, 5.41) is 13.3. The second kappa shape index (κ2) is 7.73. The highest BCUT2D eigenvalue weighted by molar-refractivity contribution is 6.33. The van der Waals surface area contributed by atoms with Crippen LogP contribution in [0.15, 0.2) is 71.4 Å². The van der Waals surface area contributed by atoms with Crippen LogP contribution in [-0.4, -0.2) is 31.9 Å². The lowest BCUT2D eigenvalue weighted by Gasteiger charge is -2.12. The molecule has 2 aromatic heterocycles. The third kappa shape index (κ3) is 4.07. The van der Waals surface area contributed by atoms with Crippen molar-refractivity contribution in [1.29, 1.82) is 0 Å². The molecule has 0 aliphatic carbocycles. The molecule has 0 amide bonds. The molecule has 0 aliphatic rings. The van der Waals surface area contributed by atoms with Crippen molar-refractivity contribution in [1.82, 2.24) is 24.9 Å². The second-order valence-corrected chi connectivity index (χ2v) is 6.69. The number of hydrogen-bond acceptors (Lipinski definition) is 5. The van der Waals surface area contributed by atoms with Crippen LogP contribution in [0.3, 0.4) is 0 Å². The molecule has 0 fully saturated rings. The predicted octanol–water partition coefficient (Wildman–Crippen LogP) is 4.21. The average Bonchev–Trinajstić information content (AvgIpc) is 3.33. The van der Waals surface area contributed by atoms with E-state index in [0.29, 0.717) is 23.3 Å². The van der Waals surface area contributed by atoms with Crippen LogP contribution in [0, 0.1) is 0 Å². The van der Waals surface area contributed by atoms with Gasteiger partial charge in [0.1, 0.15) is 0 Å². The fourth-order valence-corrected chi connectivity index (χ4v) is 3.04. The molecule has 0 unspecified atom stereocenters. The number of rotatable bonds is 6. The molecule has 7 heteroatoms. The lowest BCUT2D eigenvalue weighted by atomic mass is 10.2. The second-order valence-electron chi connectivity index (χ2n) is 6.28. The van der Waals surface area contributed by atoms with Crippen molar-refractivity contribution in [2.45, 2.75) is 13.1 Å². The summed E-state index contributed by atoms with van der Waals surface area (Å²) in [5.41, 5.74) is 2.88. The fraction of sp³-hybridized carbons (Fsp3) is 0.150. The molecule has 0 N–H and O–H groups in total. The Hall–Kier alpha value is -2.96. The molecule has 4 rings (SSSR count). The van der Waals surface area contributed by atoms with Gasteiger partial charge in [0.2, 0.25) is 11.8 Å². The highest BCUT2D eigenvalue weighted by Crippen LogP contribution is 2.26. The average molecular weight is 380 g/mol. The Morgan fingerprint density at radius 1 is 1.00 bits per heavy atom. The molecule has 0 aliphatic heterocycles. The van der Waals surface area contributed by atoms with Crippen molar-refractivity contribution >= 4 is 11.6 Å². The molecule has 27 heavy (non-hydrogen) atoms. The lowest BCUT2D eigenvalue weighted by molar-refractivity contribution is 0.283. The molecule has 2 aromatic carbocycles. The number of para-hydroxylation sites is 1. The van der Waals surface area contributed by atoms with Crippen LogP contribution in [0.4, 0.5) is 0 Å². The van der Waals surface area contributed by atoms with Gasteiger partial charge in [-0.3, -0.25) is 4.90 Å². The molecule has 0 radical (unpaired) electrons. The third-order valence-electron chi connectivity index (χ3n) is 4.09. The monoisotopic (exact) mass is 379 g/mol. The molecular formula is C20H18ClN5O. The largest absolute Gasteiger partial charge is 0.419 e. The van der Waals surface area contributed by atoms with E-state index >= 15 is 0 Å². The van der Waals surface area contributed by atoms with Gasteiger partial charge >= 0.3 is 0 Å². The maximum absolute atomic E-state index is 6.19. The van der Waals surface area contributed by atoms with Crippen molar-refractivity contribution in [3.05, 3.63) is 83.5 Å². The van der Waals surface area contributed by atoms with E-state index in [0.717, 1.165) is 23.4 Å². The van der Waals surface area contributed by atoms with Crippen LogP contribution in [-0.2, 0) is 13.1 Å². The highest BCUT2D eigenvalue weighted by Gasteiger charge is 2.13. The zero-order valence-electron chi connectivity index (χ0n) is 14.8. The molecule has 0 saturated heterocycles. The first-order valence-electron chi connectivity index (χ1n) is 8.54. The van der Waals surface area contributed by atoms with Gasteiger partial charge in [0.15, 0.2) is 0 Å². The summed E-state index contributed by atoms with van der Waals surface area (Å²) >= 11 is 6.19. The Morgan fingerprint density at radius 2 is 1.78 bits per heavy atom. The van der Waals surface area contributed by atoms with Gasteiger partial charge < -0.3 is 4.42 Å². The molecule has 2 heterocycles. The van der Waals surface area contributed by atoms with E-state index < -0.39 is 0 Å². The summed E-state index contributed by atoms with van der Waals surface area (Å²) in [6.45, 7) is 1.25.